The molecule has 4 aromatic rings. The van der Waals surface area contributed by atoms with E-state index in [-0.39, 0.29) is 5.69 Å². The summed E-state index contributed by atoms with van der Waals surface area (Å²) >= 11 is 0. The number of rotatable bonds is 7. The number of pyridine rings is 1. The molecule has 4 heterocycles. The molecule has 1 aliphatic carbocycles. The molecule has 2 aliphatic rings. The highest BCUT2D eigenvalue weighted by Crippen LogP contribution is 2.32. The molecule has 2 fully saturated rings. The number of fused-ring (bicyclic) bond motifs is 1. The molecule has 6 rings (SSSR count). The highest BCUT2D eigenvalue weighted by molar-refractivity contribution is 5.87. The molecule has 184 valence electrons. The van der Waals surface area contributed by atoms with Gasteiger partial charge in [-0.3, -0.25) is 4.68 Å². The normalized spacial score (nSPS) is 15.8. The van der Waals surface area contributed by atoms with Crippen molar-refractivity contribution in [3.8, 4) is 11.3 Å². The van der Waals surface area contributed by atoms with Gasteiger partial charge in [-0.1, -0.05) is 12.1 Å². The van der Waals surface area contributed by atoms with Gasteiger partial charge < -0.3 is 19.7 Å². The lowest BCUT2D eigenvalue weighted by atomic mass is 10.1. The third-order valence-corrected chi connectivity index (χ3v) is 6.43. The summed E-state index contributed by atoms with van der Waals surface area (Å²) in [7, 11) is 1.33. The van der Waals surface area contributed by atoms with Crippen LogP contribution in [-0.2, 0) is 16.0 Å². The molecule has 10 nitrogen and oxygen atoms in total. The highest BCUT2D eigenvalue weighted by Gasteiger charge is 2.22. The first-order valence-corrected chi connectivity index (χ1v) is 12.2. The van der Waals surface area contributed by atoms with E-state index in [2.05, 4.69) is 44.3 Å². The smallest absolute Gasteiger partial charge is 0.356 e. The van der Waals surface area contributed by atoms with Gasteiger partial charge in [0.25, 0.3) is 0 Å². The van der Waals surface area contributed by atoms with Crippen molar-refractivity contribution in [3.63, 3.8) is 0 Å². The summed E-state index contributed by atoms with van der Waals surface area (Å²) in [6.07, 6.45) is 6.29. The largest absolute Gasteiger partial charge is 0.464 e. The number of ether oxygens (including phenoxy) is 2. The Morgan fingerprint density at radius 2 is 2.00 bits per heavy atom. The summed E-state index contributed by atoms with van der Waals surface area (Å²) in [5.41, 5.74) is 3.67. The van der Waals surface area contributed by atoms with Crippen molar-refractivity contribution < 1.29 is 14.3 Å². The lowest BCUT2D eigenvalue weighted by molar-refractivity contribution is 0.0594. The number of carbonyl (C=O) groups is 1. The van der Waals surface area contributed by atoms with Crippen LogP contribution in [0.15, 0.2) is 48.8 Å². The molecule has 0 spiro atoms. The fraction of sp³-hybridized carbons (Fsp3) is 0.346. The Hall–Kier alpha value is -4.05. The molecule has 0 atom stereocenters. The minimum Gasteiger partial charge on any atom is -0.464 e. The number of methoxy groups -OCH3 is 1. The van der Waals surface area contributed by atoms with Gasteiger partial charge in [0.2, 0.25) is 5.95 Å². The van der Waals surface area contributed by atoms with Gasteiger partial charge >= 0.3 is 5.97 Å². The maximum Gasteiger partial charge on any atom is 0.356 e. The number of morpholine rings is 1. The Labute approximate surface area is 208 Å². The molecule has 36 heavy (non-hydrogen) atoms. The maximum atomic E-state index is 11.7. The molecular formula is C26H27N7O3. The monoisotopic (exact) mass is 485 g/mol. The third-order valence-electron chi connectivity index (χ3n) is 6.43. The van der Waals surface area contributed by atoms with Crippen molar-refractivity contribution in [3.05, 3.63) is 54.5 Å². The van der Waals surface area contributed by atoms with Crippen molar-refractivity contribution in [1.29, 1.82) is 0 Å². The zero-order valence-corrected chi connectivity index (χ0v) is 20.1. The van der Waals surface area contributed by atoms with Crippen LogP contribution in [0, 0.1) is 5.92 Å². The van der Waals surface area contributed by atoms with E-state index in [1.54, 1.807) is 18.3 Å². The van der Waals surface area contributed by atoms with E-state index < -0.39 is 5.97 Å². The molecule has 1 aromatic carbocycles. The number of hydrogen-bond acceptors (Lipinski definition) is 9. The van der Waals surface area contributed by atoms with E-state index in [0.29, 0.717) is 30.7 Å². The average molecular weight is 486 g/mol. The predicted molar refractivity (Wildman–Crippen MR) is 135 cm³/mol. The number of benzene rings is 1. The molecule has 1 saturated heterocycles. The van der Waals surface area contributed by atoms with Gasteiger partial charge in [0, 0.05) is 42.8 Å². The number of hydrogen-bond donors (Lipinski definition) is 1. The van der Waals surface area contributed by atoms with Crippen molar-refractivity contribution in [2.45, 2.75) is 19.4 Å². The Morgan fingerprint density at radius 3 is 2.75 bits per heavy atom. The Bertz CT molecular complexity index is 1390. The highest BCUT2D eigenvalue weighted by atomic mass is 16.5. The fourth-order valence-corrected chi connectivity index (χ4v) is 4.28. The second kappa shape index (κ2) is 9.54. The van der Waals surface area contributed by atoms with Crippen molar-refractivity contribution >= 4 is 34.3 Å². The van der Waals surface area contributed by atoms with Crippen molar-refractivity contribution in [1.82, 2.24) is 24.7 Å². The van der Waals surface area contributed by atoms with E-state index >= 15 is 0 Å². The van der Waals surface area contributed by atoms with Gasteiger partial charge in [0.05, 0.1) is 43.4 Å². The zero-order valence-electron chi connectivity index (χ0n) is 20.1. The van der Waals surface area contributed by atoms with Crippen molar-refractivity contribution in [2.24, 2.45) is 5.92 Å². The quantitative estimate of drug-likeness (QED) is 0.392. The lowest BCUT2D eigenvalue weighted by Crippen LogP contribution is -2.37. The number of carbonyl (C=O) groups excluding carboxylic acids is 1. The summed E-state index contributed by atoms with van der Waals surface area (Å²) in [5.74, 6) is 1.56. The molecule has 3 aromatic heterocycles. The first kappa shape index (κ1) is 22.4. The summed E-state index contributed by atoms with van der Waals surface area (Å²) in [6.45, 7) is 3.71. The van der Waals surface area contributed by atoms with Gasteiger partial charge in [-0.2, -0.15) is 10.1 Å². The first-order valence-electron chi connectivity index (χ1n) is 12.2. The number of aromatic nitrogens is 5. The van der Waals surface area contributed by atoms with Crippen LogP contribution in [0.5, 0.6) is 0 Å². The van der Waals surface area contributed by atoms with E-state index in [4.69, 9.17) is 24.5 Å². The van der Waals surface area contributed by atoms with Crippen LogP contribution in [0.4, 0.5) is 17.5 Å². The number of esters is 1. The van der Waals surface area contributed by atoms with Gasteiger partial charge in [0.15, 0.2) is 0 Å². The van der Waals surface area contributed by atoms with Crippen LogP contribution in [0.3, 0.4) is 0 Å². The van der Waals surface area contributed by atoms with Crippen LogP contribution in [-0.4, -0.2) is 64.1 Å². The topological polar surface area (TPSA) is 107 Å². The molecule has 1 aliphatic heterocycles. The first-order chi connectivity index (χ1) is 17.6. The van der Waals surface area contributed by atoms with Crippen LogP contribution in [0.2, 0.25) is 0 Å². The second-order valence-corrected chi connectivity index (χ2v) is 9.15. The van der Waals surface area contributed by atoms with Crippen molar-refractivity contribution in [2.75, 3.05) is 43.6 Å². The predicted octanol–water partition coefficient (Wildman–Crippen LogP) is 3.67. The van der Waals surface area contributed by atoms with Crippen LogP contribution < -0.4 is 10.2 Å². The van der Waals surface area contributed by atoms with Gasteiger partial charge in [-0.25, -0.2) is 14.8 Å². The summed E-state index contributed by atoms with van der Waals surface area (Å²) in [5, 5.41) is 9.22. The van der Waals surface area contributed by atoms with Crippen LogP contribution >= 0.6 is 0 Å². The second-order valence-electron chi connectivity index (χ2n) is 9.15. The number of nitrogens with one attached hydrogen (secondary N) is 1. The molecule has 0 amide bonds. The standard InChI is InChI=1S/C26H27N7O3/c1-35-25(34)21-7-6-20(14-27-21)28-24-13-22(29-26(30-24)32-8-10-36-11-9-32)18-4-5-19-16-33(15-17-2-3-17)31-23(19)12-18/h4-7,12-14,16-17H,2-3,8-11,15H2,1H3,(H,28,29,30). The number of anilines is 3. The fourth-order valence-electron chi connectivity index (χ4n) is 4.28. The minimum absolute atomic E-state index is 0.245. The van der Waals surface area contributed by atoms with E-state index in [1.807, 2.05) is 6.07 Å². The van der Waals surface area contributed by atoms with Gasteiger partial charge in [-0.15, -0.1) is 0 Å². The Balaban J connectivity index is 1.33. The molecule has 10 heteroatoms. The van der Waals surface area contributed by atoms with E-state index in [9.17, 15) is 4.79 Å². The lowest BCUT2D eigenvalue weighted by Gasteiger charge is -2.27. The Kier molecular flexibility index (Phi) is 5.94. The Morgan fingerprint density at radius 1 is 1.14 bits per heavy atom. The molecule has 1 saturated carbocycles. The van der Waals surface area contributed by atoms with Gasteiger partial charge in [0.1, 0.15) is 11.5 Å². The molecule has 0 bridgehead atoms. The minimum atomic E-state index is -0.476. The molecule has 0 unspecified atom stereocenters. The average Bonchev–Trinajstić information content (AvgIpc) is 3.64. The maximum absolute atomic E-state index is 11.7. The SMILES string of the molecule is COC(=O)c1ccc(Nc2cc(-c3ccc4cn(CC5CC5)nc4c3)nc(N3CCOCC3)n2)cn1. The van der Waals surface area contributed by atoms with Crippen LogP contribution in [0.25, 0.3) is 22.2 Å². The van der Waals surface area contributed by atoms with Crippen LogP contribution in [0.1, 0.15) is 23.3 Å². The summed E-state index contributed by atoms with van der Waals surface area (Å²) in [6, 6.07) is 11.6. The van der Waals surface area contributed by atoms with E-state index in [1.165, 1.54) is 20.0 Å². The number of nitrogens with zero attached hydrogens (tertiary/aromatic N) is 6. The zero-order chi connectivity index (χ0) is 24.5. The molecule has 1 N–H and O–H groups in total. The molecule has 0 radical (unpaired) electrons. The van der Waals surface area contributed by atoms with Gasteiger partial charge in [-0.05, 0) is 37.0 Å². The summed E-state index contributed by atoms with van der Waals surface area (Å²) < 4.78 is 12.3. The third kappa shape index (κ3) is 4.85. The summed E-state index contributed by atoms with van der Waals surface area (Å²) in [4.78, 5) is 27.7. The molecular weight excluding hydrogens is 458 g/mol. The van der Waals surface area contributed by atoms with E-state index in [0.717, 1.165) is 47.7 Å².